The molecule has 5 rings (SSSR count). The highest BCUT2D eigenvalue weighted by molar-refractivity contribution is 5.81. The number of rotatable bonds is 9. The van der Waals surface area contributed by atoms with Gasteiger partial charge in [-0.05, 0) is 98.2 Å². The molecule has 0 saturated carbocycles. The van der Waals surface area contributed by atoms with Crippen molar-refractivity contribution in [2.24, 2.45) is 17.3 Å². The number of hydrogen-bond donors (Lipinski definition) is 2. The Morgan fingerprint density at radius 2 is 1.73 bits per heavy atom. The van der Waals surface area contributed by atoms with Gasteiger partial charge in [-0.15, -0.1) is 0 Å². The molecule has 0 aromatic heterocycles. The molecule has 2 atom stereocenters. The second-order valence-corrected chi connectivity index (χ2v) is 12.3. The molecule has 40 heavy (non-hydrogen) atoms. The van der Waals surface area contributed by atoms with E-state index in [9.17, 15) is 10.2 Å². The first-order chi connectivity index (χ1) is 19.3. The van der Waals surface area contributed by atoms with Gasteiger partial charge in [-0.25, -0.2) is 0 Å². The van der Waals surface area contributed by atoms with Crippen LogP contribution in [0.2, 0.25) is 0 Å². The summed E-state index contributed by atoms with van der Waals surface area (Å²) in [5.41, 5.74) is 4.67. The zero-order valence-corrected chi connectivity index (χ0v) is 24.5. The number of fused-ring (bicyclic) bond motifs is 1. The lowest BCUT2D eigenvalue weighted by Gasteiger charge is -2.41. The smallest absolute Gasteiger partial charge is 0.119 e. The van der Waals surface area contributed by atoms with E-state index in [1.165, 1.54) is 55.5 Å². The fourth-order valence-corrected chi connectivity index (χ4v) is 6.62. The van der Waals surface area contributed by atoms with Gasteiger partial charge in [0.1, 0.15) is 23.9 Å². The van der Waals surface area contributed by atoms with Crippen molar-refractivity contribution in [3.8, 4) is 11.5 Å². The Kier molecular flexibility index (Phi) is 8.90. The highest BCUT2D eigenvalue weighted by Crippen LogP contribution is 2.51. The van der Waals surface area contributed by atoms with Crippen LogP contribution in [0.3, 0.4) is 0 Å². The summed E-state index contributed by atoms with van der Waals surface area (Å²) in [6.45, 7) is 12.4. The Labute approximate surface area is 240 Å². The predicted octanol–water partition coefficient (Wildman–Crippen LogP) is 7.73. The third-order valence-electron chi connectivity index (χ3n) is 8.87. The van der Waals surface area contributed by atoms with Gasteiger partial charge >= 0.3 is 0 Å². The van der Waals surface area contributed by atoms with Crippen LogP contribution in [0.25, 0.3) is 5.57 Å². The van der Waals surface area contributed by atoms with Crippen LogP contribution in [-0.4, -0.2) is 47.9 Å². The molecule has 0 radical (unpaired) electrons. The van der Waals surface area contributed by atoms with Gasteiger partial charge in [0.2, 0.25) is 0 Å². The van der Waals surface area contributed by atoms with Gasteiger partial charge in [-0.1, -0.05) is 51.0 Å². The van der Waals surface area contributed by atoms with Crippen molar-refractivity contribution in [1.29, 1.82) is 0 Å². The number of phenolic OH excluding ortho intramolecular Hbond substituents is 1. The molecule has 0 bridgehead atoms. The molecule has 2 unspecified atom stereocenters. The van der Waals surface area contributed by atoms with E-state index in [1.807, 2.05) is 18.2 Å². The molecule has 3 aliphatic rings. The SMILES string of the molecule is CCN(Cc1ccc(OCCN2CCCCCC2)cc1)c1cc(O)ccc1C1=CC2C=CC(O)=CC2CC1(C)C. The molecule has 0 spiro atoms. The number of hydrogen-bond acceptors (Lipinski definition) is 5. The van der Waals surface area contributed by atoms with E-state index < -0.39 is 0 Å². The van der Waals surface area contributed by atoms with Gasteiger partial charge < -0.3 is 19.8 Å². The summed E-state index contributed by atoms with van der Waals surface area (Å²) in [6.07, 6.45) is 14.6. The molecule has 2 N–H and O–H groups in total. The largest absolute Gasteiger partial charge is 0.508 e. The summed E-state index contributed by atoms with van der Waals surface area (Å²) >= 11 is 0. The second kappa shape index (κ2) is 12.6. The zero-order chi connectivity index (χ0) is 28.1. The predicted molar refractivity (Wildman–Crippen MR) is 165 cm³/mol. The summed E-state index contributed by atoms with van der Waals surface area (Å²) in [5.74, 6) is 2.14. The molecule has 5 heteroatoms. The van der Waals surface area contributed by atoms with E-state index in [2.05, 4.69) is 73.1 Å². The summed E-state index contributed by atoms with van der Waals surface area (Å²) in [7, 11) is 0. The Bertz CT molecular complexity index is 1240. The number of nitrogens with zero attached hydrogens (tertiary/aromatic N) is 2. The average Bonchev–Trinajstić information content (AvgIpc) is 3.21. The van der Waals surface area contributed by atoms with Crippen LogP contribution in [-0.2, 0) is 6.54 Å². The van der Waals surface area contributed by atoms with Crippen LogP contribution in [0, 0.1) is 17.3 Å². The molecular formula is C35H46N2O3. The number of ether oxygens (including phenoxy) is 1. The van der Waals surface area contributed by atoms with Gasteiger partial charge in [0.25, 0.3) is 0 Å². The fourth-order valence-electron chi connectivity index (χ4n) is 6.62. The number of aliphatic hydroxyl groups is 1. The maximum Gasteiger partial charge on any atom is 0.119 e. The van der Waals surface area contributed by atoms with Crippen LogP contribution in [0.5, 0.6) is 11.5 Å². The number of phenols is 1. The monoisotopic (exact) mass is 542 g/mol. The lowest BCUT2D eigenvalue weighted by atomic mass is 9.64. The minimum atomic E-state index is -0.0689. The minimum Gasteiger partial charge on any atom is -0.508 e. The Morgan fingerprint density at radius 3 is 2.45 bits per heavy atom. The number of aromatic hydroxyl groups is 1. The summed E-state index contributed by atoms with van der Waals surface area (Å²) < 4.78 is 6.09. The molecule has 1 aliphatic heterocycles. The van der Waals surface area contributed by atoms with Crippen molar-refractivity contribution in [3.05, 3.63) is 83.7 Å². The van der Waals surface area contributed by atoms with Gasteiger partial charge in [-0.2, -0.15) is 0 Å². The maximum atomic E-state index is 10.5. The van der Waals surface area contributed by atoms with Crippen molar-refractivity contribution in [1.82, 2.24) is 4.90 Å². The Morgan fingerprint density at radius 1 is 0.975 bits per heavy atom. The van der Waals surface area contributed by atoms with Crippen molar-refractivity contribution < 1.29 is 14.9 Å². The standard InChI is InChI=1S/C35H46N2O3/c1-4-37(25-26-9-14-31(15-10-26)40-20-19-36-17-7-5-6-8-18-36)34-23-30(39)13-16-32(34)33-22-27-11-12-29(38)21-28(27)24-35(33,2)3/h9-16,21-23,27-28,38-39H,4-8,17-20,24-25H2,1-3H3. The lowest BCUT2D eigenvalue weighted by Crippen LogP contribution is -2.30. The van der Waals surface area contributed by atoms with Crippen LogP contribution in [0.4, 0.5) is 5.69 Å². The zero-order valence-electron chi connectivity index (χ0n) is 24.5. The molecule has 214 valence electrons. The van der Waals surface area contributed by atoms with Gasteiger partial charge in [0.15, 0.2) is 0 Å². The molecule has 0 amide bonds. The highest BCUT2D eigenvalue weighted by atomic mass is 16.5. The quantitative estimate of drug-likeness (QED) is 0.340. The van der Waals surface area contributed by atoms with Crippen molar-refractivity contribution in [2.75, 3.05) is 37.7 Å². The second-order valence-electron chi connectivity index (χ2n) is 12.3. The normalized spacial score (nSPS) is 22.6. The molecule has 2 aromatic rings. The van der Waals surface area contributed by atoms with E-state index in [0.29, 0.717) is 11.7 Å². The number of allylic oxidation sites excluding steroid dienone is 5. The van der Waals surface area contributed by atoms with Gasteiger partial charge in [0, 0.05) is 42.9 Å². The van der Waals surface area contributed by atoms with Crippen LogP contribution in [0.15, 0.2) is 72.5 Å². The third kappa shape index (κ3) is 6.75. The maximum absolute atomic E-state index is 10.5. The molecule has 1 saturated heterocycles. The van der Waals surface area contributed by atoms with E-state index in [-0.39, 0.29) is 17.1 Å². The molecule has 2 aliphatic carbocycles. The first kappa shape index (κ1) is 28.4. The van der Waals surface area contributed by atoms with Crippen LogP contribution < -0.4 is 9.64 Å². The number of aliphatic hydroxyl groups excluding tert-OH is 1. The first-order valence-electron chi connectivity index (χ1n) is 15.2. The van der Waals surface area contributed by atoms with E-state index in [1.54, 1.807) is 6.07 Å². The Balaban J connectivity index is 1.30. The number of anilines is 1. The summed E-state index contributed by atoms with van der Waals surface area (Å²) in [6, 6.07) is 14.3. The topological polar surface area (TPSA) is 56.2 Å². The number of likely N-dealkylation sites (tertiary alicyclic amines) is 1. The van der Waals surface area contributed by atoms with E-state index >= 15 is 0 Å². The van der Waals surface area contributed by atoms with Gasteiger partial charge in [-0.3, -0.25) is 4.90 Å². The molecule has 1 fully saturated rings. The van der Waals surface area contributed by atoms with E-state index in [4.69, 9.17) is 4.74 Å². The van der Waals surface area contributed by atoms with Crippen LogP contribution in [0.1, 0.15) is 64.0 Å². The molecule has 1 heterocycles. The summed E-state index contributed by atoms with van der Waals surface area (Å²) in [5, 5.41) is 20.6. The summed E-state index contributed by atoms with van der Waals surface area (Å²) in [4.78, 5) is 4.87. The number of benzene rings is 2. The average molecular weight is 543 g/mol. The van der Waals surface area contributed by atoms with Crippen molar-refractivity contribution in [2.45, 2.75) is 59.4 Å². The van der Waals surface area contributed by atoms with E-state index in [0.717, 1.165) is 44.1 Å². The third-order valence-corrected chi connectivity index (χ3v) is 8.87. The molecule has 2 aromatic carbocycles. The van der Waals surface area contributed by atoms with Crippen LogP contribution >= 0.6 is 0 Å². The van der Waals surface area contributed by atoms with Gasteiger partial charge in [0.05, 0.1) is 0 Å². The Hall–Kier alpha value is -3.18. The van der Waals surface area contributed by atoms with Crippen molar-refractivity contribution in [3.63, 3.8) is 0 Å². The van der Waals surface area contributed by atoms with Crippen molar-refractivity contribution >= 4 is 11.3 Å². The highest BCUT2D eigenvalue weighted by Gasteiger charge is 2.37. The fraction of sp³-hybridized carbons (Fsp3) is 0.486. The minimum absolute atomic E-state index is 0.0689. The molecular weight excluding hydrogens is 496 g/mol. The molecule has 5 nitrogen and oxygen atoms in total. The lowest BCUT2D eigenvalue weighted by molar-refractivity contribution is 0.214. The first-order valence-corrected chi connectivity index (χ1v) is 15.2.